The van der Waals surface area contributed by atoms with E-state index in [1.165, 1.54) is 31.2 Å². The number of carboxylic acids is 1. The van der Waals surface area contributed by atoms with Crippen LogP contribution in [-0.4, -0.2) is 11.1 Å². The van der Waals surface area contributed by atoms with Gasteiger partial charge in [0.15, 0.2) is 0 Å². The summed E-state index contributed by atoms with van der Waals surface area (Å²) in [7, 11) is 0. The fraction of sp³-hybridized carbons (Fsp3) is 0.611. The summed E-state index contributed by atoms with van der Waals surface area (Å²) in [6.07, 6.45) is 6.93. The quantitative estimate of drug-likeness (QED) is 0.877. The molecule has 2 aliphatic rings. The van der Waals surface area contributed by atoms with Crippen molar-refractivity contribution in [3.05, 3.63) is 35.4 Å². The van der Waals surface area contributed by atoms with E-state index in [-0.39, 0.29) is 5.92 Å². The van der Waals surface area contributed by atoms with Crippen molar-refractivity contribution in [3.8, 4) is 0 Å². The third kappa shape index (κ3) is 2.89. The Labute approximate surface area is 121 Å². The highest BCUT2D eigenvalue weighted by Gasteiger charge is 2.40. The number of aliphatic carboxylic acids is 1. The van der Waals surface area contributed by atoms with Crippen molar-refractivity contribution in [2.45, 2.75) is 45.4 Å². The minimum Gasteiger partial charge on any atom is -0.481 e. The van der Waals surface area contributed by atoms with Crippen LogP contribution in [0.25, 0.3) is 0 Å². The standard InChI is InChI=1S/C18H24O2/c1-12-2-4-13(5-3-12)8-17(18(19)20)11-16-10-14-6-7-15(16)9-14/h2-5,14-17H,6-11H2,1H3,(H,19,20). The molecule has 1 aromatic carbocycles. The van der Waals surface area contributed by atoms with E-state index < -0.39 is 5.97 Å². The summed E-state index contributed by atoms with van der Waals surface area (Å²) >= 11 is 0. The Hall–Kier alpha value is -1.31. The van der Waals surface area contributed by atoms with Gasteiger partial charge in [0.05, 0.1) is 5.92 Å². The van der Waals surface area contributed by atoms with Crippen molar-refractivity contribution in [3.63, 3.8) is 0 Å². The summed E-state index contributed by atoms with van der Waals surface area (Å²) in [5.41, 5.74) is 2.39. The number of carboxylic acid groups (broad SMARTS) is 1. The Bertz CT molecular complexity index is 477. The normalized spacial score (nSPS) is 29.6. The minimum absolute atomic E-state index is 0.206. The molecule has 2 aliphatic carbocycles. The lowest BCUT2D eigenvalue weighted by molar-refractivity contribution is -0.142. The summed E-state index contributed by atoms with van der Waals surface area (Å²) in [5.74, 6) is 1.56. The molecule has 108 valence electrons. The molecule has 4 atom stereocenters. The van der Waals surface area contributed by atoms with E-state index in [1.807, 2.05) is 0 Å². The van der Waals surface area contributed by atoms with Crippen molar-refractivity contribution in [2.75, 3.05) is 0 Å². The summed E-state index contributed by atoms with van der Waals surface area (Å²) in [4.78, 5) is 11.6. The van der Waals surface area contributed by atoms with Crippen LogP contribution in [0, 0.1) is 30.6 Å². The van der Waals surface area contributed by atoms with Crippen LogP contribution in [0.5, 0.6) is 0 Å². The molecule has 2 nitrogen and oxygen atoms in total. The number of benzene rings is 1. The maximum absolute atomic E-state index is 11.6. The monoisotopic (exact) mass is 272 g/mol. The molecular weight excluding hydrogens is 248 g/mol. The highest BCUT2D eigenvalue weighted by molar-refractivity contribution is 5.70. The molecule has 0 heterocycles. The molecule has 0 aromatic heterocycles. The van der Waals surface area contributed by atoms with E-state index in [1.54, 1.807) is 0 Å². The van der Waals surface area contributed by atoms with Gasteiger partial charge in [0, 0.05) is 0 Å². The van der Waals surface area contributed by atoms with Gasteiger partial charge in [0.2, 0.25) is 0 Å². The Balaban J connectivity index is 1.64. The SMILES string of the molecule is Cc1ccc(CC(CC2CC3CCC2C3)C(=O)O)cc1. The summed E-state index contributed by atoms with van der Waals surface area (Å²) in [6, 6.07) is 8.30. The van der Waals surface area contributed by atoms with E-state index in [0.717, 1.165) is 23.8 Å². The lowest BCUT2D eigenvalue weighted by Crippen LogP contribution is -2.23. The smallest absolute Gasteiger partial charge is 0.306 e. The van der Waals surface area contributed by atoms with Crippen LogP contribution in [0.2, 0.25) is 0 Å². The number of fused-ring (bicyclic) bond motifs is 2. The van der Waals surface area contributed by atoms with Crippen molar-refractivity contribution in [1.29, 1.82) is 0 Å². The molecule has 4 unspecified atom stereocenters. The first-order valence-corrected chi connectivity index (χ1v) is 7.90. The van der Waals surface area contributed by atoms with Gasteiger partial charge in [-0.3, -0.25) is 4.79 Å². The number of carbonyl (C=O) groups is 1. The molecule has 1 N–H and O–H groups in total. The second kappa shape index (κ2) is 5.59. The average molecular weight is 272 g/mol. The van der Waals surface area contributed by atoms with Gasteiger partial charge in [-0.1, -0.05) is 36.2 Å². The van der Waals surface area contributed by atoms with Crippen LogP contribution in [0.3, 0.4) is 0 Å². The Morgan fingerprint density at radius 2 is 2.00 bits per heavy atom. The Kier molecular flexibility index (Phi) is 3.82. The maximum Gasteiger partial charge on any atom is 0.306 e. The second-order valence-electron chi connectivity index (χ2n) is 6.90. The average Bonchev–Trinajstić information content (AvgIpc) is 3.02. The van der Waals surface area contributed by atoms with Gasteiger partial charge in [-0.05, 0) is 62.3 Å². The van der Waals surface area contributed by atoms with E-state index in [0.29, 0.717) is 12.3 Å². The molecule has 0 spiro atoms. The third-order valence-electron chi connectivity index (χ3n) is 5.42. The Morgan fingerprint density at radius 1 is 1.25 bits per heavy atom. The van der Waals surface area contributed by atoms with Crippen LogP contribution in [0.1, 0.15) is 43.2 Å². The maximum atomic E-state index is 11.6. The van der Waals surface area contributed by atoms with Gasteiger partial charge in [-0.25, -0.2) is 0 Å². The molecule has 2 heteroatoms. The molecule has 2 bridgehead atoms. The number of hydrogen-bond donors (Lipinski definition) is 1. The predicted octanol–water partition coefficient (Wildman–Crippen LogP) is 4.06. The van der Waals surface area contributed by atoms with E-state index in [2.05, 4.69) is 31.2 Å². The lowest BCUT2D eigenvalue weighted by Gasteiger charge is -2.24. The zero-order valence-electron chi connectivity index (χ0n) is 12.2. The van der Waals surface area contributed by atoms with E-state index in [4.69, 9.17) is 0 Å². The summed E-state index contributed by atoms with van der Waals surface area (Å²) in [6.45, 7) is 2.06. The Morgan fingerprint density at radius 3 is 2.55 bits per heavy atom. The highest BCUT2D eigenvalue weighted by atomic mass is 16.4. The number of hydrogen-bond acceptors (Lipinski definition) is 1. The van der Waals surface area contributed by atoms with Gasteiger partial charge >= 0.3 is 5.97 Å². The van der Waals surface area contributed by atoms with Crippen LogP contribution >= 0.6 is 0 Å². The third-order valence-corrected chi connectivity index (χ3v) is 5.42. The largest absolute Gasteiger partial charge is 0.481 e. The number of rotatable bonds is 5. The molecule has 3 rings (SSSR count). The predicted molar refractivity (Wildman–Crippen MR) is 79.6 cm³/mol. The van der Waals surface area contributed by atoms with Gasteiger partial charge in [0.25, 0.3) is 0 Å². The summed E-state index contributed by atoms with van der Waals surface area (Å²) < 4.78 is 0. The molecule has 2 saturated carbocycles. The highest BCUT2D eigenvalue weighted by Crippen LogP contribution is 2.50. The topological polar surface area (TPSA) is 37.3 Å². The van der Waals surface area contributed by atoms with Crippen molar-refractivity contribution < 1.29 is 9.90 Å². The second-order valence-corrected chi connectivity index (χ2v) is 6.90. The number of aryl methyl sites for hydroxylation is 1. The van der Waals surface area contributed by atoms with Crippen LogP contribution in [0.15, 0.2) is 24.3 Å². The fourth-order valence-corrected chi connectivity index (χ4v) is 4.31. The van der Waals surface area contributed by atoms with Crippen molar-refractivity contribution in [1.82, 2.24) is 0 Å². The fourth-order valence-electron chi connectivity index (χ4n) is 4.31. The van der Waals surface area contributed by atoms with Crippen LogP contribution < -0.4 is 0 Å². The molecule has 0 amide bonds. The molecule has 2 fully saturated rings. The van der Waals surface area contributed by atoms with Gasteiger partial charge in [0.1, 0.15) is 0 Å². The van der Waals surface area contributed by atoms with Crippen LogP contribution in [0.4, 0.5) is 0 Å². The summed E-state index contributed by atoms with van der Waals surface area (Å²) in [5, 5.41) is 9.52. The van der Waals surface area contributed by atoms with Crippen molar-refractivity contribution >= 4 is 5.97 Å². The van der Waals surface area contributed by atoms with Gasteiger partial charge in [-0.15, -0.1) is 0 Å². The van der Waals surface area contributed by atoms with Crippen molar-refractivity contribution in [2.24, 2.45) is 23.7 Å². The van der Waals surface area contributed by atoms with Gasteiger partial charge in [-0.2, -0.15) is 0 Å². The molecule has 0 saturated heterocycles. The van der Waals surface area contributed by atoms with Crippen LogP contribution in [-0.2, 0) is 11.2 Å². The van der Waals surface area contributed by atoms with Gasteiger partial charge < -0.3 is 5.11 Å². The molecule has 0 radical (unpaired) electrons. The van der Waals surface area contributed by atoms with E-state index >= 15 is 0 Å². The molecule has 1 aromatic rings. The minimum atomic E-state index is -0.617. The molecular formula is C18H24O2. The zero-order chi connectivity index (χ0) is 14.1. The lowest BCUT2D eigenvalue weighted by atomic mass is 9.80. The molecule has 0 aliphatic heterocycles. The van der Waals surface area contributed by atoms with E-state index in [9.17, 15) is 9.90 Å². The first kappa shape index (κ1) is 13.7. The molecule has 20 heavy (non-hydrogen) atoms. The first-order valence-electron chi connectivity index (χ1n) is 7.90. The first-order chi connectivity index (χ1) is 9.61. The zero-order valence-corrected chi connectivity index (χ0v) is 12.2.